The normalized spacial score (nSPS) is 19.7. The van der Waals surface area contributed by atoms with Crippen LogP contribution in [0.15, 0.2) is 71.4 Å². The van der Waals surface area contributed by atoms with Gasteiger partial charge in [0.25, 0.3) is 5.91 Å². The highest BCUT2D eigenvalue weighted by Gasteiger charge is 2.30. The molecule has 0 spiro atoms. The molecule has 6 nitrogen and oxygen atoms in total. The number of amides is 1. The lowest BCUT2D eigenvalue weighted by atomic mass is 9.78. The van der Waals surface area contributed by atoms with E-state index in [1.807, 2.05) is 84.0 Å². The minimum Gasteiger partial charge on any atom is -0.391 e. The molecule has 6 heteroatoms. The van der Waals surface area contributed by atoms with Crippen molar-refractivity contribution < 1.29 is 15.0 Å². The summed E-state index contributed by atoms with van der Waals surface area (Å²) in [5, 5.41) is 31.2. The fraction of sp³-hybridized carbons (Fsp3) is 0.483. The van der Waals surface area contributed by atoms with E-state index in [2.05, 4.69) is 28.1 Å². The molecule has 1 aromatic carbocycles. The van der Waals surface area contributed by atoms with Crippen LogP contribution < -0.4 is 16.0 Å². The van der Waals surface area contributed by atoms with Crippen LogP contribution in [0.2, 0.25) is 0 Å². The lowest BCUT2D eigenvalue weighted by Crippen LogP contribution is -2.42. The number of fused-ring (bicyclic) bond motifs is 1. The number of para-hydroxylation sites is 1. The molecule has 0 radical (unpaired) electrons. The third kappa shape index (κ3) is 7.66. The Kier molecular flexibility index (Phi) is 8.42. The summed E-state index contributed by atoms with van der Waals surface area (Å²) in [6.07, 6.45) is 9.90. The Labute approximate surface area is 209 Å². The van der Waals surface area contributed by atoms with Gasteiger partial charge in [-0.15, -0.1) is 0 Å². The van der Waals surface area contributed by atoms with E-state index in [1.54, 1.807) is 0 Å². The van der Waals surface area contributed by atoms with Crippen molar-refractivity contribution in [2.45, 2.75) is 77.8 Å². The number of aliphatic hydroxyl groups is 2. The highest BCUT2D eigenvalue weighted by Crippen LogP contribution is 2.36. The molecule has 0 heterocycles. The number of rotatable bonds is 8. The zero-order chi connectivity index (χ0) is 25.8. The maximum absolute atomic E-state index is 13.3. The van der Waals surface area contributed by atoms with Gasteiger partial charge >= 0.3 is 0 Å². The van der Waals surface area contributed by atoms with E-state index in [1.165, 1.54) is 0 Å². The molecule has 5 N–H and O–H groups in total. The van der Waals surface area contributed by atoms with Crippen molar-refractivity contribution in [1.29, 1.82) is 0 Å². The highest BCUT2D eigenvalue weighted by atomic mass is 16.3. The maximum Gasteiger partial charge on any atom is 0.252 e. The molecule has 0 saturated heterocycles. The Morgan fingerprint density at radius 1 is 1.09 bits per heavy atom. The average molecular weight is 480 g/mol. The van der Waals surface area contributed by atoms with Crippen molar-refractivity contribution >= 4 is 11.6 Å². The van der Waals surface area contributed by atoms with Gasteiger partial charge in [-0.3, -0.25) is 10.1 Å². The van der Waals surface area contributed by atoms with Gasteiger partial charge in [-0.05, 0) is 65.2 Å². The zero-order valence-corrected chi connectivity index (χ0v) is 21.9. The number of carbonyl (C=O) groups is 1. The third-order valence-electron chi connectivity index (χ3n) is 5.87. The van der Waals surface area contributed by atoms with Gasteiger partial charge in [-0.1, -0.05) is 48.6 Å². The van der Waals surface area contributed by atoms with Gasteiger partial charge in [0.1, 0.15) is 6.23 Å². The number of aliphatic hydroxyl groups excluding tert-OH is 2. The molecule has 1 amide bonds. The van der Waals surface area contributed by atoms with Crippen molar-refractivity contribution in [2.75, 3.05) is 11.9 Å². The Balaban J connectivity index is 1.77. The summed E-state index contributed by atoms with van der Waals surface area (Å²) in [4.78, 5) is 13.3. The van der Waals surface area contributed by atoms with Crippen LogP contribution in [0, 0.1) is 5.92 Å². The SMILES string of the molecule is CC(C)(C)NC(=O)C1=C(CC(O)CNc2ccccc2C(O)NC(C)(C)C)C=CC2CC=CC=C12. The van der Waals surface area contributed by atoms with Crippen LogP contribution in [0.4, 0.5) is 5.69 Å². The van der Waals surface area contributed by atoms with Gasteiger partial charge in [-0.2, -0.15) is 0 Å². The summed E-state index contributed by atoms with van der Waals surface area (Å²) in [6, 6.07) is 7.53. The van der Waals surface area contributed by atoms with Crippen molar-refractivity contribution in [3.63, 3.8) is 0 Å². The van der Waals surface area contributed by atoms with Crippen LogP contribution in [0.1, 0.15) is 66.2 Å². The van der Waals surface area contributed by atoms with E-state index < -0.39 is 12.3 Å². The number of benzene rings is 1. The molecule has 0 fully saturated rings. The predicted molar refractivity (Wildman–Crippen MR) is 143 cm³/mol. The topological polar surface area (TPSA) is 93.6 Å². The molecule has 35 heavy (non-hydrogen) atoms. The van der Waals surface area contributed by atoms with E-state index in [9.17, 15) is 15.0 Å². The number of carbonyl (C=O) groups excluding carboxylic acids is 1. The molecule has 0 aliphatic heterocycles. The number of nitrogens with one attached hydrogen (secondary N) is 3. The van der Waals surface area contributed by atoms with Crippen molar-refractivity contribution in [1.82, 2.24) is 10.6 Å². The molecule has 0 saturated carbocycles. The van der Waals surface area contributed by atoms with Crippen molar-refractivity contribution in [3.8, 4) is 0 Å². The summed E-state index contributed by atoms with van der Waals surface area (Å²) in [7, 11) is 0. The smallest absolute Gasteiger partial charge is 0.252 e. The zero-order valence-electron chi connectivity index (χ0n) is 21.9. The second-order valence-corrected chi connectivity index (χ2v) is 11.5. The first-order valence-corrected chi connectivity index (χ1v) is 12.4. The van der Waals surface area contributed by atoms with Crippen LogP contribution in [0.25, 0.3) is 0 Å². The molecule has 3 unspecified atom stereocenters. The van der Waals surface area contributed by atoms with Crippen molar-refractivity contribution in [3.05, 3.63) is 76.9 Å². The molecule has 190 valence electrons. The Morgan fingerprint density at radius 3 is 2.49 bits per heavy atom. The molecular formula is C29H41N3O3. The van der Waals surface area contributed by atoms with Crippen LogP contribution in [-0.2, 0) is 4.79 Å². The predicted octanol–water partition coefficient (Wildman–Crippen LogP) is 4.51. The summed E-state index contributed by atoms with van der Waals surface area (Å²) in [6.45, 7) is 12.2. The average Bonchev–Trinajstić information content (AvgIpc) is 2.75. The Bertz CT molecular complexity index is 1040. The van der Waals surface area contributed by atoms with E-state index in [4.69, 9.17) is 0 Å². The molecular weight excluding hydrogens is 438 g/mol. The fourth-order valence-electron chi connectivity index (χ4n) is 4.39. The first-order valence-electron chi connectivity index (χ1n) is 12.4. The van der Waals surface area contributed by atoms with Gasteiger partial charge in [-0.25, -0.2) is 0 Å². The minimum absolute atomic E-state index is 0.106. The van der Waals surface area contributed by atoms with Gasteiger partial charge < -0.3 is 20.8 Å². The van der Waals surface area contributed by atoms with Gasteiger partial charge in [0.15, 0.2) is 0 Å². The number of hydrogen-bond donors (Lipinski definition) is 5. The second-order valence-electron chi connectivity index (χ2n) is 11.5. The lowest BCUT2D eigenvalue weighted by molar-refractivity contribution is -0.118. The summed E-state index contributed by atoms with van der Waals surface area (Å²) < 4.78 is 0. The van der Waals surface area contributed by atoms with Crippen molar-refractivity contribution in [2.24, 2.45) is 5.92 Å². The maximum atomic E-state index is 13.3. The van der Waals surface area contributed by atoms with E-state index in [-0.39, 0.29) is 29.4 Å². The molecule has 2 aliphatic carbocycles. The van der Waals surface area contributed by atoms with E-state index in [0.29, 0.717) is 12.0 Å². The van der Waals surface area contributed by atoms with Crippen LogP contribution in [0.3, 0.4) is 0 Å². The highest BCUT2D eigenvalue weighted by molar-refractivity contribution is 6.00. The van der Waals surface area contributed by atoms with E-state index >= 15 is 0 Å². The molecule has 0 bridgehead atoms. The quantitative estimate of drug-likeness (QED) is 0.354. The van der Waals surface area contributed by atoms with Crippen LogP contribution in [-0.4, -0.2) is 39.8 Å². The third-order valence-corrected chi connectivity index (χ3v) is 5.87. The lowest BCUT2D eigenvalue weighted by Gasteiger charge is -2.30. The van der Waals surface area contributed by atoms with E-state index in [0.717, 1.165) is 28.8 Å². The largest absolute Gasteiger partial charge is 0.391 e. The molecule has 0 aromatic heterocycles. The van der Waals surface area contributed by atoms with Gasteiger partial charge in [0, 0.05) is 46.8 Å². The molecule has 3 atom stereocenters. The summed E-state index contributed by atoms with van der Waals surface area (Å²) in [5.74, 6) is 0.0775. The first kappa shape index (κ1) is 26.9. The molecule has 3 rings (SSSR count). The fourth-order valence-corrected chi connectivity index (χ4v) is 4.39. The van der Waals surface area contributed by atoms with Gasteiger partial charge in [0.05, 0.1) is 6.10 Å². The molecule has 2 aliphatic rings. The minimum atomic E-state index is -0.837. The Morgan fingerprint density at radius 2 is 1.80 bits per heavy atom. The number of hydrogen-bond acceptors (Lipinski definition) is 5. The Hall–Kier alpha value is -2.67. The first-order chi connectivity index (χ1) is 16.3. The van der Waals surface area contributed by atoms with Crippen LogP contribution in [0.5, 0.6) is 0 Å². The summed E-state index contributed by atoms with van der Waals surface area (Å²) >= 11 is 0. The monoisotopic (exact) mass is 479 g/mol. The number of allylic oxidation sites excluding steroid dienone is 5. The number of anilines is 1. The standard InChI is InChI=1S/C29H41N3O3/c1-28(2,3)31-26(34)23-13-9-10-14-24(23)30-18-21(33)17-20-16-15-19-11-7-8-12-22(19)25(20)27(35)32-29(4,5)6/h7-10,12-16,19,21,26,30-31,33-34H,11,17-18H2,1-6H3,(H,32,35). The summed E-state index contributed by atoms with van der Waals surface area (Å²) in [5.41, 5.74) is 3.38. The molecule has 1 aromatic rings. The van der Waals surface area contributed by atoms with Crippen LogP contribution >= 0.6 is 0 Å². The van der Waals surface area contributed by atoms with Gasteiger partial charge in [0.2, 0.25) is 0 Å². The second kappa shape index (κ2) is 10.9.